The highest BCUT2D eigenvalue weighted by Gasteiger charge is 2.14. The standard InChI is InChI=1S/C13H13N5O2.ClH/c1-7(19)10-6-8(12(20)18-13(14)15)2-3-9(10)11-16-4-5-17-11;/h2-6H,1H3,(H,16,17)(H4,14,15,18,20);1H. The predicted molar refractivity (Wildman–Crippen MR) is 81.4 cm³/mol. The molecule has 21 heavy (non-hydrogen) atoms. The quantitative estimate of drug-likeness (QED) is 0.445. The number of aliphatic imine (C=N–C) groups is 1. The van der Waals surface area contributed by atoms with Crippen LogP contribution >= 0.6 is 12.4 Å². The third kappa shape index (κ3) is 3.67. The van der Waals surface area contributed by atoms with Crippen molar-refractivity contribution in [3.05, 3.63) is 41.7 Å². The van der Waals surface area contributed by atoms with Crippen LogP contribution in [-0.4, -0.2) is 27.6 Å². The van der Waals surface area contributed by atoms with Crippen LogP contribution in [0.5, 0.6) is 0 Å². The molecule has 1 aromatic carbocycles. The number of Topliss-reactive ketones (excluding diaryl/α,β-unsaturated/α-hetero) is 1. The van der Waals surface area contributed by atoms with Crippen LogP contribution in [0.1, 0.15) is 27.6 Å². The number of H-pyrrole nitrogens is 1. The van der Waals surface area contributed by atoms with E-state index in [0.29, 0.717) is 17.0 Å². The van der Waals surface area contributed by atoms with Gasteiger partial charge in [0.1, 0.15) is 5.82 Å². The molecule has 0 aliphatic carbocycles. The summed E-state index contributed by atoms with van der Waals surface area (Å²) >= 11 is 0. The number of imidazole rings is 1. The first-order chi connectivity index (χ1) is 9.49. The normalized spacial score (nSPS) is 9.57. The van der Waals surface area contributed by atoms with Crippen molar-refractivity contribution in [2.45, 2.75) is 6.92 Å². The summed E-state index contributed by atoms with van der Waals surface area (Å²) in [7, 11) is 0. The fourth-order valence-corrected chi connectivity index (χ4v) is 1.77. The highest BCUT2D eigenvalue weighted by Crippen LogP contribution is 2.22. The zero-order chi connectivity index (χ0) is 14.7. The van der Waals surface area contributed by atoms with E-state index in [2.05, 4.69) is 15.0 Å². The van der Waals surface area contributed by atoms with Crippen LogP contribution in [0.4, 0.5) is 0 Å². The third-order valence-corrected chi connectivity index (χ3v) is 2.63. The second-order valence-electron chi connectivity index (χ2n) is 4.10. The molecule has 2 rings (SSSR count). The number of hydrogen-bond donors (Lipinski definition) is 3. The summed E-state index contributed by atoms with van der Waals surface area (Å²) in [4.78, 5) is 33.9. The first-order valence-corrected chi connectivity index (χ1v) is 5.77. The molecule has 0 spiro atoms. The number of ketones is 1. The number of nitrogens with zero attached hydrogens (tertiary/aromatic N) is 2. The average Bonchev–Trinajstić information content (AvgIpc) is 2.90. The van der Waals surface area contributed by atoms with Crippen LogP contribution in [0.15, 0.2) is 35.6 Å². The Bertz CT molecular complexity index is 691. The Balaban J connectivity index is 0.00000220. The molecule has 0 aliphatic rings. The zero-order valence-electron chi connectivity index (χ0n) is 11.2. The Morgan fingerprint density at radius 1 is 1.29 bits per heavy atom. The van der Waals surface area contributed by atoms with Gasteiger partial charge in [0.25, 0.3) is 5.91 Å². The molecule has 8 heteroatoms. The van der Waals surface area contributed by atoms with Gasteiger partial charge in [-0.2, -0.15) is 4.99 Å². The molecule has 0 saturated carbocycles. The maximum absolute atomic E-state index is 11.7. The lowest BCUT2D eigenvalue weighted by atomic mass is 10.0. The molecule has 5 N–H and O–H groups in total. The van der Waals surface area contributed by atoms with Gasteiger partial charge in [-0.3, -0.25) is 9.59 Å². The van der Waals surface area contributed by atoms with Gasteiger partial charge in [-0.25, -0.2) is 4.98 Å². The lowest BCUT2D eigenvalue weighted by Crippen LogP contribution is -2.24. The molecule has 1 heterocycles. The maximum Gasteiger partial charge on any atom is 0.280 e. The minimum absolute atomic E-state index is 0. The topological polar surface area (TPSA) is 127 Å². The average molecular weight is 308 g/mol. The second kappa shape index (κ2) is 6.67. The smallest absolute Gasteiger partial charge is 0.280 e. The molecule has 110 valence electrons. The van der Waals surface area contributed by atoms with E-state index in [-0.39, 0.29) is 29.7 Å². The van der Waals surface area contributed by atoms with Gasteiger partial charge in [0, 0.05) is 29.1 Å². The maximum atomic E-state index is 11.7. The zero-order valence-corrected chi connectivity index (χ0v) is 12.0. The van der Waals surface area contributed by atoms with E-state index in [4.69, 9.17) is 11.5 Å². The van der Waals surface area contributed by atoms with Crippen molar-refractivity contribution in [2.75, 3.05) is 0 Å². The van der Waals surface area contributed by atoms with Gasteiger partial charge in [0.2, 0.25) is 0 Å². The van der Waals surface area contributed by atoms with Gasteiger partial charge < -0.3 is 16.5 Å². The van der Waals surface area contributed by atoms with Crippen LogP contribution in [0.3, 0.4) is 0 Å². The molecule has 0 saturated heterocycles. The van der Waals surface area contributed by atoms with Crippen LogP contribution in [-0.2, 0) is 0 Å². The van der Waals surface area contributed by atoms with E-state index in [1.54, 1.807) is 24.5 Å². The van der Waals surface area contributed by atoms with Gasteiger partial charge >= 0.3 is 0 Å². The molecule has 0 fully saturated rings. The van der Waals surface area contributed by atoms with Crippen molar-refractivity contribution in [3.63, 3.8) is 0 Å². The summed E-state index contributed by atoms with van der Waals surface area (Å²) in [5.74, 6) is -0.556. The number of nitrogens with two attached hydrogens (primary N) is 2. The van der Waals surface area contributed by atoms with E-state index in [0.717, 1.165) is 0 Å². The van der Waals surface area contributed by atoms with Crippen molar-refractivity contribution < 1.29 is 9.59 Å². The Hall–Kier alpha value is -2.67. The molecule has 1 aromatic heterocycles. The van der Waals surface area contributed by atoms with Gasteiger partial charge in [-0.05, 0) is 25.1 Å². The number of aromatic nitrogens is 2. The predicted octanol–water partition coefficient (Wildman–Crippen LogP) is 1.11. The van der Waals surface area contributed by atoms with Crippen LogP contribution < -0.4 is 11.5 Å². The van der Waals surface area contributed by atoms with E-state index in [9.17, 15) is 9.59 Å². The minimum atomic E-state index is -0.599. The van der Waals surface area contributed by atoms with E-state index < -0.39 is 5.91 Å². The Morgan fingerprint density at radius 3 is 2.52 bits per heavy atom. The Kier molecular flexibility index (Phi) is 5.20. The molecule has 0 bridgehead atoms. The molecular weight excluding hydrogens is 294 g/mol. The third-order valence-electron chi connectivity index (χ3n) is 2.63. The summed E-state index contributed by atoms with van der Waals surface area (Å²) in [6, 6.07) is 4.62. The van der Waals surface area contributed by atoms with Crippen molar-refractivity contribution in [2.24, 2.45) is 16.5 Å². The van der Waals surface area contributed by atoms with Crippen LogP contribution in [0.25, 0.3) is 11.4 Å². The van der Waals surface area contributed by atoms with E-state index >= 15 is 0 Å². The fourth-order valence-electron chi connectivity index (χ4n) is 1.77. The van der Waals surface area contributed by atoms with Gasteiger partial charge in [-0.15, -0.1) is 12.4 Å². The fraction of sp³-hybridized carbons (Fsp3) is 0.0769. The number of rotatable bonds is 3. The molecule has 2 aromatic rings. The van der Waals surface area contributed by atoms with Crippen LogP contribution in [0.2, 0.25) is 0 Å². The first-order valence-electron chi connectivity index (χ1n) is 5.77. The summed E-state index contributed by atoms with van der Waals surface area (Å²) < 4.78 is 0. The molecule has 1 amide bonds. The van der Waals surface area contributed by atoms with Crippen molar-refractivity contribution in [1.82, 2.24) is 9.97 Å². The highest BCUT2D eigenvalue weighted by atomic mass is 35.5. The number of amides is 1. The summed E-state index contributed by atoms with van der Waals surface area (Å²) in [5, 5.41) is 0. The van der Waals surface area contributed by atoms with Crippen molar-refractivity contribution in [1.29, 1.82) is 0 Å². The number of nitrogens with one attached hydrogen (secondary N) is 1. The molecule has 0 unspecified atom stereocenters. The number of guanidine groups is 1. The molecular formula is C13H14ClN5O2. The van der Waals surface area contributed by atoms with E-state index in [1.165, 1.54) is 13.0 Å². The molecule has 0 atom stereocenters. The summed E-state index contributed by atoms with van der Waals surface area (Å²) in [6.07, 6.45) is 3.23. The second-order valence-corrected chi connectivity index (χ2v) is 4.10. The number of carbonyl (C=O) groups excluding carboxylic acids is 2. The number of aromatic amines is 1. The lowest BCUT2D eigenvalue weighted by molar-refractivity contribution is 0.100. The number of hydrogen-bond acceptors (Lipinski definition) is 3. The van der Waals surface area contributed by atoms with Crippen LogP contribution in [0, 0.1) is 0 Å². The van der Waals surface area contributed by atoms with E-state index in [1.807, 2.05) is 0 Å². The van der Waals surface area contributed by atoms with Gasteiger partial charge in [-0.1, -0.05) is 0 Å². The number of carbonyl (C=O) groups is 2. The first kappa shape index (κ1) is 16.4. The van der Waals surface area contributed by atoms with Gasteiger partial charge in [0.15, 0.2) is 11.7 Å². The van der Waals surface area contributed by atoms with Gasteiger partial charge in [0.05, 0.1) is 0 Å². The summed E-state index contributed by atoms with van der Waals surface area (Å²) in [6.45, 7) is 1.41. The number of halogens is 1. The highest BCUT2D eigenvalue weighted by molar-refractivity contribution is 6.06. The van der Waals surface area contributed by atoms with Crippen molar-refractivity contribution >= 4 is 30.1 Å². The summed E-state index contributed by atoms with van der Waals surface area (Å²) in [5.41, 5.74) is 11.5. The minimum Gasteiger partial charge on any atom is -0.370 e. The Morgan fingerprint density at radius 2 is 2.00 bits per heavy atom. The van der Waals surface area contributed by atoms with Crippen molar-refractivity contribution in [3.8, 4) is 11.4 Å². The molecule has 0 radical (unpaired) electrons. The largest absolute Gasteiger partial charge is 0.370 e. The monoisotopic (exact) mass is 307 g/mol. The molecule has 0 aliphatic heterocycles. The Labute approximate surface area is 126 Å². The lowest BCUT2D eigenvalue weighted by Gasteiger charge is -2.06. The SMILES string of the molecule is CC(=O)c1cc(C(=O)N=C(N)N)ccc1-c1ncc[nH]1.Cl. The number of benzene rings is 1. The molecule has 7 nitrogen and oxygen atoms in total.